The summed E-state index contributed by atoms with van der Waals surface area (Å²) in [5.41, 5.74) is 0.996. The summed E-state index contributed by atoms with van der Waals surface area (Å²) in [5.74, 6) is -2.34. The van der Waals surface area contributed by atoms with E-state index in [4.69, 9.17) is 33.5 Å². The molecule has 2 aliphatic heterocycles. The highest BCUT2D eigenvalue weighted by molar-refractivity contribution is 5.68. The quantitative estimate of drug-likeness (QED) is 0.295. The third-order valence-corrected chi connectivity index (χ3v) is 6.41. The van der Waals surface area contributed by atoms with Gasteiger partial charge in [-0.2, -0.15) is 0 Å². The molecule has 3 rings (SSSR count). The lowest BCUT2D eigenvalue weighted by atomic mass is 9.98. The zero-order valence-electron chi connectivity index (χ0n) is 23.3. The van der Waals surface area contributed by atoms with E-state index in [1.54, 1.807) is 12.1 Å². The van der Waals surface area contributed by atoms with Crippen molar-refractivity contribution in [2.45, 2.75) is 64.8 Å². The maximum absolute atomic E-state index is 12.0. The molecule has 0 spiro atoms. The number of esters is 4. The first kappa shape index (κ1) is 31.1. The number of aliphatic hydroxyl groups excluding tert-OH is 1. The number of carbonyl (C=O) groups is 4. The molecule has 5 atom stereocenters. The second kappa shape index (κ2) is 14.8. The Kier molecular flexibility index (Phi) is 11.5. The highest BCUT2D eigenvalue weighted by atomic mass is 16.7. The number of anilines is 1. The molecule has 222 valence electrons. The van der Waals surface area contributed by atoms with Crippen LogP contribution < -0.4 is 9.64 Å². The van der Waals surface area contributed by atoms with E-state index in [-0.39, 0.29) is 13.2 Å². The van der Waals surface area contributed by atoms with E-state index >= 15 is 0 Å². The average molecular weight is 567 g/mol. The van der Waals surface area contributed by atoms with Crippen LogP contribution in [0.3, 0.4) is 0 Å². The first-order chi connectivity index (χ1) is 19.1. The molecule has 0 amide bonds. The number of piperazine rings is 1. The normalized spacial score (nSPS) is 25.0. The lowest BCUT2D eigenvalue weighted by Gasteiger charge is -2.43. The summed E-state index contributed by atoms with van der Waals surface area (Å²) in [6, 6.07) is 7.26. The van der Waals surface area contributed by atoms with Crippen molar-refractivity contribution in [2.24, 2.45) is 0 Å². The number of rotatable bonds is 11. The minimum Gasteiger partial charge on any atom is -0.463 e. The van der Waals surface area contributed by atoms with Crippen molar-refractivity contribution in [3.05, 3.63) is 24.3 Å². The second-order valence-corrected chi connectivity index (χ2v) is 9.59. The van der Waals surface area contributed by atoms with Crippen LogP contribution in [-0.2, 0) is 42.9 Å². The molecule has 2 heterocycles. The van der Waals surface area contributed by atoms with Crippen molar-refractivity contribution in [3.63, 3.8) is 0 Å². The Bertz CT molecular complexity index is 1010. The average Bonchev–Trinajstić information content (AvgIpc) is 2.89. The number of aliphatic hydroxyl groups is 1. The fraction of sp³-hybridized carbons (Fsp3) is 0.630. The van der Waals surface area contributed by atoms with Gasteiger partial charge in [0.25, 0.3) is 0 Å². The summed E-state index contributed by atoms with van der Waals surface area (Å²) in [5, 5.41) is 9.05. The zero-order chi connectivity index (χ0) is 29.2. The minimum absolute atomic E-state index is 0.182. The van der Waals surface area contributed by atoms with E-state index in [1.807, 2.05) is 12.1 Å². The maximum Gasteiger partial charge on any atom is 0.303 e. The Labute approximate surface area is 233 Å². The van der Waals surface area contributed by atoms with Gasteiger partial charge in [-0.3, -0.25) is 24.1 Å². The van der Waals surface area contributed by atoms with E-state index in [1.165, 1.54) is 13.8 Å². The van der Waals surface area contributed by atoms with E-state index in [2.05, 4.69) is 9.80 Å². The molecule has 0 bridgehead atoms. The largest absolute Gasteiger partial charge is 0.463 e. The molecule has 40 heavy (non-hydrogen) atoms. The van der Waals surface area contributed by atoms with Crippen molar-refractivity contribution in [2.75, 3.05) is 50.8 Å². The molecular weight excluding hydrogens is 528 g/mol. The highest BCUT2D eigenvalue weighted by Crippen LogP contribution is 2.31. The first-order valence-electron chi connectivity index (χ1n) is 13.2. The van der Waals surface area contributed by atoms with Crippen LogP contribution in [0.4, 0.5) is 5.69 Å². The highest BCUT2D eigenvalue weighted by Gasteiger charge is 2.53. The lowest BCUT2D eigenvalue weighted by Crippen LogP contribution is -2.63. The molecule has 2 aliphatic rings. The fourth-order valence-corrected chi connectivity index (χ4v) is 4.68. The molecular formula is C27H38N2O11. The Hall–Kier alpha value is -3.42. The van der Waals surface area contributed by atoms with Crippen molar-refractivity contribution in [3.8, 4) is 5.75 Å². The molecule has 0 radical (unpaired) electrons. The van der Waals surface area contributed by atoms with Gasteiger partial charge < -0.3 is 38.4 Å². The fourth-order valence-electron chi connectivity index (χ4n) is 4.68. The monoisotopic (exact) mass is 566 g/mol. The number of hydrogen-bond acceptors (Lipinski definition) is 13. The number of benzene rings is 1. The van der Waals surface area contributed by atoms with Gasteiger partial charge in [0, 0.05) is 72.7 Å². The molecule has 0 aromatic heterocycles. The number of hydrogen-bond donors (Lipinski definition) is 1. The Balaban J connectivity index is 1.79. The minimum atomic E-state index is -1.30. The lowest BCUT2D eigenvalue weighted by molar-refractivity contribution is -0.288. The van der Waals surface area contributed by atoms with Gasteiger partial charge in [-0.15, -0.1) is 0 Å². The Morgan fingerprint density at radius 1 is 0.825 bits per heavy atom. The molecule has 13 nitrogen and oxygen atoms in total. The van der Waals surface area contributed by atoms with E-state index in [0.29, 0.717) is 5.75 Å². The van der Waals surface area contributed by atoms with Gasteiger partial charge in [0.15, 0.2) is 12.2 Å². The van der Waals surface area contributed by atoms with Gasteiger partial charge in [0.05, 0.1) is 0 Å². The number of nitrogens with zero attached hydrogens (tertiary/aromatic N) is 2. The maximum atomic E-state index is 12.0. The van der Waals surface area contributed by atoms with Gasteiger partial charge in [0.2, 0.25) is 12.4 Å². The predicted molar refractivity (Wildman–Crippen MR) is 139 cm³/mol. The summed E-state index contributed by atoms with van der Waals surface area (Å²) < 4.78 is 33.4. The molecule has 1 aromatic rings. The smallest absolute Gasteiger partial charge is 0.303 e. The van der Waals surface area contributed by atoms with Crippen LogP contribution in [0.25, 0.3) is 0 Å². The van der Waals surface area contributed by atoms with Gasteiger partial charge >= 0.3 is 23.9 Å². The van der Waals surface area contributed by atoms with Gasteiger partial charge in [-0.25, -0.2) is 0 Å². The Morgan fingerprint density at radius 2 is 1.40 bits per heavy atom. The summed E-state index contributed by atoms with van der Waals surface area (Å²) in [7, 11) is 0. The van der Waals surface area contributed by atoms with Crippen LogP contribution in [0.5, 0.6) is 5.75 Å². The van der Waals surface area contributed by atoms with Gasteiger partial charge in [0.1, 0.15) is 18.5 Å². The molecule has 0 saturated carbocycles. The van der Waals surface area contributed by atoms with Crippen LogP contribution in [0.2, 0.25) is 0 Å². The predicted octanol–water partition coefficient (Wildman–Crippen LogP) is 0.653. The van der Waals surface area contributed by atoms with Crippen LogP contribution in [0, 0.1) is 0 Å². The van der Waals surface area contributed by atoms with E-state index < -0.39 is 54.6 Å². The molecule has 0 unspecified atom stereocenters. The molecule has 2 saturated heterocycles. The topological polar surface area (TPSA) is 150 Å². The Morgan fingerprint density at radius 3 is 1.95 bits per heavy atom. The molecule has 2 fully saturated rings. The third-order valence-electron chi connectivity index (χ3n) is 6.41. The van der Waals surface area contributed by atoms with Crippen molar-refractivity contribution in [1.29, 1.82) is 0 Å². The standard InChI is InChI=1S/C27H38N2O11/c1-17(31)35-16-23-24(36-18(2)32)25(37-19(3)33)26(38-20(4)34)27(40-23)39-22-8-6-21(7-9-22)29-13-11-28(12-14-29)10-5-15-30/h6-9,23-27,30H,5,10-16H2,1-4H3/t23-,24+,25+,26-,27-/m1/s1. The molecule has 1 N–H and O–H groups in total. The van der Waals surface area contributed by atoms with Crippen molar-refractivity contribution >= 4 is 29.6 Å². The molecule has 0 aliphatic carbocycles. The van der Waals surface area contributed by atoms with Crippen LogP contribution in [0.15, 0.2) is 24.3 Å². The third kappa shape index (κ3) is 9.07. The zero-order valence-corrected chi connectivity index (χ0v) is 23.3. The van der Waals surface area contributed by atoms with Crippen molar-refractivity contribution in [1.82, 2.24) is 4.90 Å². The second-order valence-electron chi connectivity index (χ2n) is 9.59. The SMILES string of the molecule is CC(=O)OC[C@H]1O[C@@H](Oc2ccc(N3CCN(CCCO)CC3)cc2)[C@H](OC(C)=O)[C@@H](OC(C)=O)[C@H]1OC(C)=O. The summed E-state index contributed by atoms with van der Waals surface area (Å²) in [6.45, 7) is 8.88. The molecule has 1 aromatic carbocycles. The van der Waals surface area contributed by atoms with E-state index in [9.17, 15) is 19.2 Å². The molecule has 13 heteroatoms. The number of ether oxygens (including phenoxy) is 6. The van der Waals surface area contributed by atoms with Crippen LogP contribution >= 0.6 is 0 Å². The van der Waals surface area contributed by atoms with Gasteiger partial charge in [-0.05, 0) is 30.7 Å². The number of carbonyl (C=O) groups excluding carboxylic acids is 4. The van der Waals surface area contributed by atoms with Crippen molar-refractivity contribution < 1.29 is 52.7 Å². The first-order valence-corrected chi connectivity index (χ1v) is 13.2. The summed E-state index contributed by atoms with van der Waals surface area (Å²) in [4.78, 5) is 51.9. The summed E-state index contributed by atoms with van der Waals surface area (Å²) in [6.07, 6.45) is -5.47. The van der Waals surface area contributed by atoms with Crippen LogP contribution in [-0.4, -0.2) is 111 Å². The summed E-state index contributed by atoms with van der Waals surface area (Å²) >= 11 is 0. The van der Waals surface area contributed by atoms with E-state index in [0.717, 1.165) is 58.7 Å². The van der Waals surface area contributed by atoms with Gasteiger partial charge in [-0.1, -0.05) is 0 Å². The van der Waals surface area contributed by atoms with Crippen LogP contribution in [0.1, 0.15) is 34.1 Å².